The molecule has 1 aliphatic carbocycles. The van der Waals surface area contributed by atoms with E-state index < -0.39 is 28.9 Å². The molecule has 6 aromatic rings. The molecule has 1 aliphatic rings. The second-order valence-corrected chi connectivity index (χ2v) is 8.08. The van der Waals surface area contributed by atoms with Gasteiger partial charge in [0.15, 0.2) is 0 Å². The van der Waals surface area contributed by atoms with Gasteiger partial charge in [-0.2, -0.15) is 0 Å². The number of pyridine rings is 4. The molecule has 0 amide bonds. The number of carbonyl (C=O) groups excluding carboxylic acids is 5. The minimum Gasteiger partial charge on any atom is -0.281 e. The van der Waals surface area contributed by atoms with Gasteiger partial charge in [-0.05, 0) is 24.3 Å². The van der Waals surface area contributed by atoms with Crippen molar-refractivity contribution in [3.8, 4) is 0 Å². The number of benzene rings is 2. The van der Waals surface area contributed by atoms with Gasteiger partial charge in [0.2, 0.25) is 0 Å². The summed E-state index contributed by atoms with van der Waals surface area (Å²) in [5.41, 5.74) is 3.91. The van der Waals surface area contributed by atoms with Crippen LogP contribution >= 0.6 is 0 Å². The number of carbonyl (C=O) groups is 5. The second-order valence-electron chi connectivity index (χ2n) is 8.08. The molecule has 0 N–H and O–H groups in total. The predicted molar refractivity (Wildman–Crippen MR) is 139 cm³/mol. The van der Waals surface area contributed by atoms with Gasteiger partial charge in [-0.1, -0.05) is 48.5 Å². The normalized spacial score (nSPS) is 12.7. The molecule has 0 aliphatic heterocycles. The number of hydrogen-bond acceptors (Lipinski definition) is 9. The van der Waals surface area contributed by atoms with Crippen molar-refractivity contribution in [3.63, 3.8) is 0 Å². The van der Waals surface area contributed by atoms with Crippen LogP contribution in [0.25, 0.3) is 43.6 Å². The molecule has 39 heavy (non-hydrogen) atoms. The van der Waals surface area contributed by atoms with Crippen molar-refractivity contribution in [2.45, 2.75) is 0 Å². The number of hydrogen-bond donors (Lipinski definition) is 0. The van der Waals surface area contributed by atoms with Crippen LogP contribution in [0, 0.1) is 0 Å². The molecule has 1 radical (unpaired) electrons. The number of ketones is 5. The molecule has 7 rings (SSSR count). The summed E-state index contributed by atoms with van der Waals surface area (Å²) in [6.45, 7) is 0. The quantitative estimate of drug-likeness (QED) is 0.157. The Morgan fingerprint density at radius 2 is 0.538 bits per heavy atom. The van der Waals surface area contributed by atoms with Gasteiger partial charge >= 0.3 is 0 Å². The summed E-state index contributed by atoms with van der Waals surface area (Å²) in [6, 6.07) is 24.3. The maximum absolute atomic E-state index is 10.2. The summed E-state index contributed by atoms with van der Waals surface area (Å²) in [7, 11) is 0. The summed E-state index contributed by atoms with van der Waals surface area (Å²) in [4.78, 5) is 68.3. The molecule has 1 fully saturated rings. The van der Waals surface area contributed by atoms with Gasteiger partial charge in [0.05, 0.1) is 22.1 Å². The largest absolute Gasteiger partial charge is 0.281 e. The van der Waals surface area contributed by atoms with Crippen LogP contribution in [-0.2, 0) is 41.0 Å². The maximum atomic E-state index is 10.2. The third kappa shape index (κ3) is 5.33. The Balaban J connectivity index is 0.000000136. The van der Waals surface area contributed by atoms with E-state index in [9.17, 15) is 24.0 Å². The fourth-order valence-electron chi connectivity index (χ4n) is 3.88. The van der Waals surface area contributed by atoms with Crippen LogP contribution < -0.4 is 0 Å². The van der Waals surface area contributed by atoms with Crippen LogP contribution in [0.15, 0.2) is 97.6 Å². The zero-order valence-electron chi connectivity index (χ0n) is 19.9. The van der Waals surface area contributed by atoms with E-state index in [4.69, 9.17) is 0 Å². The van der Waals surface area contributed by atoms with Crippen molar-refractivity contribution in [1.29, 1.82) is 0 Å². The third-order valence-corrected chi connectivity index (χ3v) is 5.72. The Kier molecular flexibility index (Phi) is 8.00. The Hall–Kier alpha value is -5.05. The summed E-state index contributed by atoms with van der Waals surface area (Å²) in [5, 5.41) is 4.55. The molecule has 4 heterocycles. The van der Waals surface area contributed by atoms with Gasteiger partial charge < -0.3 is 0 Å². The summed E-state index contributed by atoms with van der Waals surface area (Å²) in [6.07, 6.45) is 7.21. The maximum Gasteiger partial charge on any atom is 0.281 e. The zero-order chi connectivity index (χ0) is 26.6. The van der Waals surface area contributed by atoms with E-state index in [1.807, 2.05) is 24.3 Å². The van der Waals surface area contributed by atoms with Crippen molar-refractivity contribution in [1.82, 2.24) is 19.9 Å². The Morgan fingerprint density at radius 3 is 0.744 bits per heavy atom. The molecular weight excluding hydrogens is 539 g/mol. The van der Waals surface area contributed by atoms with E-state index in [-0.39, 0.29) is 17.1 Å². The summed E-state index contributed by atoms with van der Waals surface area (Å²) in [5.74, 6) is -7.59. The standard InChI is InChI=1S/2C12H8N2.C5O5.Mn/c2*1-3-9-5-6-10-4-2-8-14-12(10)11(9)13-7-1;6-1-2(7)4(9)5(10)3(1)8;/h2*1-8H;;. The van der Waals surface area contributed by atoms with Crippen LogP contribution in [0.2, 0.25) is 0 Å². The van der Waals surface area contributed by atoms with Crippen molar-refractivity contribution in [2.75, 3.05) is 0 Å². The van der Waals surface area contributed by atoms with Gasteiger partial charge in [0, 0.05) is 63.4 Å². The Labute approximate surface area is 230 Å². The van der Waals surface area contributed by atoms with E-state index in [1.54, 1.807) is 24.8 Å². The molecule has 0 saturated heterocycles. The molecule has 9 nitrogen and oxygen atoms in total. The van der Waals surface area contributed by atoms with E-state index in [2.05, 4.69) is 68.5 Å². The smallest absolute Gasteiger partial charge is 0.281 e. The van der Waals surface area contributed by atoms with E-state index in [0.717, 1.165) is 43.6 Å². The Morgan fingerprint density at radius 1 is 0.333 bits per heavy atom. The van der Waals surface area contributed by atoms with Gasteiger partial charge in [0.25, 0.3) is 28.9 Å². The van der Waals surface area contributed by atoms with Crippen LogP contribution in [0.4, 0.5) is 0 Å². The molecule has 0 unspecified atom stereocenters. The molecule has 4 aromatic heterocycles. The average Bonchev–Trinajstić information content (AvgIpc) is 3.15. The monoisotopic (exact) mass is 555 g/mol. The van der Waals surface area contributed by atoms with Crippen LogP contribution in [0.5, 0.6) is 0 Å². The van der Waals surface area contributed by atoms with E-state index in [1.165, 1.54) is 0 Å². The summed E-state index contributed by atoms with van der Waals surface area (Å²) < 4.78 is 0. The van der Waals surface area contributed by atoms with Crippen LogP contribution in [-0.4, -0.2) is 48.9 Å². The number of rotatable bonds is 0. The van der Waals surface area contributed by atoms with Crippen molar-refractivity contribution >= 4 is 72.5 Å². The van der Waals surface area contributed by atoms with E-state index >= 15 is 0 Å². The molecule has 1 saturated carbocycles. The topological polar surface area (TPSA) is 137 Å². The third-order valence-electron chi connectivity index (χ3n) is 5.72. The number of nitrogens with zero attached hydrogens (tertiary/aromatic N) is 4. The average molecular weight is 555 g/mol. The minimum absolute atomic E-state index is 0. The first-order valence-electron chi connectivity index (χ1n) is 11.3. The predicted octanol–water partition coefficient (Wildman–Crippen LogP) is 3.41. The van der Waals surface area contributed by atoms with Gasteiger partial charge in [0.1, 0.15) is 0 Å². The second kappa shape index (κ2) is 11.6. The first kappa shape index (κ1) is 27.0. The van der Waals surface area contributed by atoms with Gasteiger partial charge in [-0.15, -0.1) is 0 Å². The van der Waals surface area contributed by atoms with Gasteiger partial charge in [-0.25, -0.2) is 0 Å². The molecule has 0 atom stereocenters. The first-order valence-corrected chi connectivity index (χ1v) is 11.3. The molecule has 10 heteroatoms. The molecule has 0 bridgehead atoms. The first-order chi connectivity index (χ1) is 18.5. The van der Waals surface area contributed by atoms with Gasteiger partial charge in [-0.3, -0.25) is 43.9 Å². The molecule has 0 spiro atoms. The molecular formula is C29H16MnN4O5. The minimum atomic E-state index is -1.52. The number of Topliss-reactive ketones (excluding diaryl/α,β-unsaturated/α-hetero) is 5. The number of fused-ring (bicyclic) bond motifs is 6. The van der Waals surface area contributed by atoms with Crippen LogP contribution in [0.1, 0.15) is 0 Å². The zero-order valence-corrected chi connectivity index (χ0v) is 21.1. The van der Waals surface area contributed by atoms with Crippen molar-refractivity contribution in [2.24, 2.45) is 0 Å². The Bertz CT molecular complexity index is 1630. The molecule has 2 aromatic carbocycles. The van der Waals surface area contributed by atoms with Crippen molar-refractivity contribution in [3.05, 3.63) is 97.6 Å². The summed E-state index contributed by atoms with van der Waals surface area (Å²) >= 11 is 0. The fourth-order valence-corrected chi connectivity index (χ4v) is 3.88. The van der Waals surface area contributed by atoms with Crippen molar-refractivity contribution < 1.29 is 41.0 Å². The van der Waals surface area contributed by atoms with E-state index in [0.29, 0.717) is 0 Å². The SMILES string of the molecule is O=C1C(=O)C(=O)C(=O)C1=O.[Mn].c1cnc2c(c1)ccc1cccnc12.c1cnc2c(c1)ccc1cccnc12. The molecule has 189 valence electrons. The fraction of sp³-hybridized carbons (Fsp3) is 0. The van der Waals surface area contributed by atoms with Crippen LogP contribution in [0.3, 0.4) is 0 Å². The number of aromatic nitrogens is 4.